The summed E-state index contributed by atoms with van der Waals surface area (Å²) in [5.41, 5.74) is 0. The van der Waals surface area contributed by atoms with Crippen molar-refractivity contribution in [1.82, 2.24) is 5.32 Å². The molecule has 0 bridgehead atoms. The minimum Gasteiger partial charge on any atom is -0.330 e. The number of nitrogens with one attached hydrogen (secondary N) is 1. The molecule has 0 aromatic carbocycles. The summed E-state index contributed by atoms with van der Waals surface area (Å²) in [4.78, 5) is 0. The average molecular weight is 196 g/mol. The average Bonchev–Trinajstić information content (AvgIpc) is 1.60. The van der Waals surface area contributed by atoms with Gasteiger partial charge >= 0.3 is 6.05 Å². The Morgan fingerprint density at radius 1 is 1.56 bits per heavy atom. The minimum atomic E-state index is -2.90. The number of rotatable bonds is 0. The lowest BCUT2D eigenvalue weighted by molar-refractivity contribution is 0.0306. The van der Waals surface area contributed by atoms with Crippen LogP contribution in [0, 0.1) is 0 Å². The molecule has 1 N–H and O–H groups in total. The lowest BCUT2D eigenvalue weighted by atomic mass is 10.3. The van der Waals surface area contributed by atoms with Crippen molar-refractivity contribution in [3.05, 3.63) is 22.8 Å². The van der Waals surface area contributed by atoms with Gasteiger partial charge in [-0.1, -0.05) is 15.9 Å². The molecule has 0 unspecified atom stereocenters. The first-order valence-electron chi connectivity index (χ1n) is 2.30. The fourth-order valence-corrected chi connectivity index (χ4v) is 0.915. The summed E-state index contributed by atoms with van der Waals surface area (Å²) in [5, 5.41) is 1.87. The Labute approximate surface area is 59.6 Å². The molecule has 1 aliphatic heterocycles. The number of allylic oxidation sites excluding steroid dienone is 2. The third-order valence-corrected chi connectivity index (χ3v) is 1.33. The highest BCUT2D eigenvalue weighted by Crippen LogP contribution is 2.21. The van der Waals surface area contributed by atoms with Crippen LogP contribution in [0.4, 0.5) is 8.78 Å². The van der Waals surface area contributed by atoms with Crippen LogP contribution >= 0.6 is 15.9 Å². The predicted octanol–water partition coefficient (Wildman–Crippen LogP) is 1.97. The summed E-state index contributed by atoms with van der Waals surface area (Å²) in [7, 11) is 0. The molecule has 4 heteroatoms. The summed E-state index contributed by atoms with van der Waals surface area (Å²) >= 11 is 2.92. The van der Waals surface area contributed by atoms with Gasteiger partial charge in [0.05, 0.1) is 0 Å². The topological polar surface area (TPSA) is 12.0 Å². The van der Waals surface area contributed by atoms with Crippen LogP contribution in [0.15, 0.2) is 22.8 Å². The Morgan fingerprint density at radius 2 is 2.22 bits per heavy atom. The third kappa shape index (κ3) is 1.78. The maximum Gasteiger partial charge on any atom is 0.344 e. The molecule has 0 atom stereocenters. The predicted molar refractivity (Wildman–Crippen MR) is 34.2 cm³/mol. The van der Waals surface area contributed by atoms with Crippen molar-refractivity contribution in [3.8, 4) is 0 Å². The maximum absolute atomic E-state index is 12.2. The van der Waals surface area contributed by atoms with E-state index in [-0.39, 0.29) is 0 Å². The van der Waals surface area contributed by atoms with Gasteiger partial charge in [0.15, 0.2) is 0 Å². The fraction of sp³-hybridized carbons (Fsp3) is 0.200. The first-order valence-corrected chi connectivity index (χ1v) is 3.10. The quantitative estimate of drug-likeness (QED) is 0.584. The van der Waals surface area contributed by atoms with Gasteiger partial charge in [-0.15, -0.1) is 0 Å². The molecule has 0 saturated heterocycles. The van der Waals surface area contributed by atoms with Crippen LogP contribution in [-0.4, -0.2) is 6.05 Å². The summed E-state index contributed by atoms with van der Waals surface area (Å²) in [6, 6.07) is -2.90. The Hall–Kier alpha value is -0.380. The standard InChI is InChI=1S/C5H4BrF2N/c6-4-1-2-9-5(7,8)3-4/h1-3,9H. The molecule has 0 aliphatic carbocycles. The van der Waals surface area contributed by atoms with Gasteiger partial charge in [0.1, 0.15) is 0 Å². The Balaban J connectivity index is 2.78. The molecule has 0 radical (unpaired) electrons. The summed E-state index contributed by atoms with van der Waals surface area (Å²) < 4.78 is 24.8. The molecule has 0 fully saturated rings. The monoisotopic (exact) mass is 195 g/mol. The largest absolute Gasteiger partial charge is 0.344 e. The number of dihydropyridines is 1. The molecule has 0 spiro atoms. The van der Waals surface area contributed by atoms with E-state index in [4.69, 9.17) is 0 Å². The lowest BCUT2D eigenvalue weighted by Crippen LogP contribution is -2.31. The lowest BCUT2D eigenvalue weighted by Gasteiger charge is -2.14. The van der Waals surface area contributed by atoms with Crippen LogP contribution in [0.25, 0.3) is 0 Å². The van der Waals surface area contributed by atoms with Gasteiger partial charge in [-0.25, -0.2) is 0 Å². The van der Waals surface area contributed by atoms with E-state index < -0.39 is 6.05 Å². The molecule has 9 heavy (non-hydrogen) atoms. The number of hydrogen-bond donors (Lipinski definition) is 1. The molecule has 0 aromatic heterocycles. The highest BCUT2D eigenvalue weighted by molar-refractivity contribution is 9.11. The highest BCUT2D eigenvalue weighted by Gasteiger charge is 2.25. The van der Waals surface area contributed by atoms with Crippen molar-refractivity contribution in [2.45, 2.75) is 6.05 Å². The maximum atomic E-state index is 12.2. The van der Waals surface area contributed by atoms with E-state index in [1.54, 1.807) is 0 Å². The smallest absolute Gasteiger partial charge is 0.330 e. The second kappa shape index (κ2) is 2.10. The molecule has 0 saturated carbocycles. The van der Waals surface area contributed by atoms with E-state index in [0.717, 1.165) is 6.08 Å². The van der Waals surface area contributed by atoms with Gasteiger partial charge < -0.3 is 5.32 Å². The molecule has 0 amide bonds. The SMILES string of the molecule is FC1(F)C=C(Br)C=CN1. The summed E-state index contributed by atoms with van der Waals surface area (Å²) in [6.07, 6.45) is 3.51. The molecule has 1 rings (SSSR count). The highest BCUT2D eigenvalue weighted by atomic mass is 79.9. The first kappa shape index (κ1) is 6.74. The van der Waals surface area contributed by atoms with E-state index in [9.17, 15) is 8.78 Å². The van der Waals surface area contributed by atoms with Crippen molar-refractivity contribution in [1.29, 1.82) is 0 Å². The molecule has 1 heterocycles. The fourth-order valence-electron chi connectivity index (χ4n) is 0.495. The van der Waals surface area contributed by atoms with Gasteiger partial charge in [0.25, 0.3) is 0 Å². The van der Waals surface area contributed by atoms with E-state index in [2.05, 4.69) is 15.9 Å². The van der Waals surface area contributed by atoms with Crippen LogP contribution < -0.4 is 5.32 Å². The Kier molecular flexibility index (Phi) is 1.57. The van der Waals surface area contributed by atoms with E-state index >= 15 is 0 Å². The number of hydrogen-bond acceptors (Lipinski definition) is 1. The molecular weight excluding hydrogens is 192 g/mol. The van der Waals surface area contributed by atoms with Crippen LogP contribution in [0.1, 0.15) is 0 Å². The van der Waals surface area contributed by atoms with Crippen molar-refractivity contribution in [2.24, 2.45) is 0 Å². The van der Waals surface area contributed by atoms with Crippen LogP contribution in [-0.2, 0) is 0 Å². The van der Waals surface area contributed by atoms with Crippen molar-refractivity contribution >= 4 is 15.9 Å². The van der Waals surface area contributed by atoms with Crippen molar-refractivity contribution < 1.29 is 8.78 Å². The van der Waals surface area contributed by atoms with Crippen molar-refractivity contribution in [3.63, 3.8) is 0 Å². The zero-order valence-electron chi connectivity index (χ0n) is 4.37. The molecule has 1 nitrogen and oxygen atoms in total. The van der Waals surface area contributed by atoms with Gasteiger partial charge in [-0.3, -0.25) is 0 Å². The van der Waals surface area contributed by atoms with Crippen LogP contribution in [0.2, 0.25) is 0 Å². The number of alkyl halides is 2. The zero-order valence-corrected chi connectivity index (χ0v) is 5.95. The zero-order chi connectivity index (χ0) is 6.91. The summed E-state index contributed by atoms with van der Waals surface area (Å²) in [6.45, 7) is 0. The Morgan fingerprint density at radius 3 is 2.56 bits per heavy atom. The third-order valence-electron chi connectivity index (χ3n) is 0.837. The molecule has 0 aromatic rings. The van der Waals surface area contributed by atoms with Gasteiger partial charge in [0, 0.05) is 16.8 Å². The van der Waals surface area contributed by atoms with Gasteiger partial charge in [0.2, 0.25) is 0 Å². The number of halogens is 3. The van der Waals surface area contributed by atoms with E-state index in [1.807, 2.05) is 5.32 Å². The van der Waals surface area contributed by atoms with Crippen molar-refractivity contribution in [2.75, 3.05) is 0 Å². The Bertz CT molecular complexity index is 174. The minimum absolute atomic E-state index is 0.395. The van der Waals surface area contributed by atoms with Crippen LogP contribution in [0.5, 0.6) is 0 Å². The van der Waals surface area contributed by atoms with Gasteiger partial charge in [-0.2, -0.15) is 8.78 Å². The molecular formula is C5H4BrF2N. The normalized spacial score (nSPS) is 22.8. The van der Waals surface area contributed by atoms with E-state index in [0.29, 0.717) is 4.48 Å². The summed E-state index contributed by atoms with van der Waals surface area (Å²) in [5.74, 6) is 0. The van der Waals surface area contributed by atoms with Gasteiger partial charge in [-0.05, 0) is 6.08 Å². The van der Waals surface area contributed by atoms with E-state index in [1.165, 1.54) is 12.3 Å². The molecule has 1 aliphatic rings. The first-order chi connectivity index (χ1) is 4.10. The second-order valence-electron chi connectivity index (χ2n) is 1.63. The van der Waals surface area contributed by atoms with Crippen LogP contribution in [0.3, 0.4) is 0 Å². The second-order valence-corrected chi connectivity index (χ2v) is 2.55. The molecule has 50 valence electrons.